The highest BCUT2D eigenvalue weighted by Gasteiger charge is 2.63. The third-order valence-corrected chi connectivity index (χ3v) is 7.50. The highest BCUT2D eigenvalue weighted by Crippen LogP contribution is 2.55. The molecule has 1 spiro atoms. The van der Waals surface area contributed by atoms with Crippen LogP contribution in [0.25, 0.3) is 0 Å². The Labute approximate surface area is 166 Å². The number of nitrogens with one attached hydrogen (secondary N) is 1. The average Bonchev–Trinajstić information content (AvgIpc) is 3.36. The van der Waals surface area contributed by atoms with E-state index in [1.165, 1.54) is 32.1 Å². The fraction of sp³-hybridized carbons (Fsp3) is 0.762. The molecular formula is C21H31N5O2. The molecular weight excluding hydrogens is 354 g/mol. The number of anilines is 2. The maximum atomic E-state index is 12.5. The zero-order valence-corrected chi connectivity index (χ0v) is 16.5. The van der Waals surface area contributed by atoms with Gasteiger partial charge in [-0.05, 0) is 37.7 Å². The zero-order chi connectivity index (χ0) is 19.1. The van der Waals surface area contributed by atoms with Gasteiger partial charge in [-0.2, -0.15) is 4.98 Å². The number of nitrogen functional groups attached to an aromatic ring is 1. The Balaban J connectivity index is 1.21. The van der Waals surface area contributed by atoms with Crippen molar-refractivity contribution in [3.63, 3.8) is 0 Å². The molecule has 2 bridgehead atoms. The SMILES string of the molecule is Nc1nccc(N2C[C@@H]3[C@H](CNC(=O)CC4CCCCC4)[C@H]4CC[C@]3(C2)O4)n1. The first kappa shape index (κ1) is 18.2. The fourth-order valence-corrected chi connectivity index (χ4v) is 6.14. The molecule has 1 amide bonds. The normalized spacial score (nSPS) is 34.6. The summed E-state index contributed by atoms with van der Waals surface area (Å²) in [6, 6.07) is 1.92. The van der Waals surface area contributed by atoms with Crippen molar-refractivity contribution in [3.8, 4) is 0 Å². The van der Waals surface area contributed by atoms with Crippen LogP contribution in [0.3, 0.4) is 0 Å². The number of amides is 1. The van der Waals surface area contributed by atoms with E-state index >= 15 is 0 Å². The molecule has 4 fully saturated rings. The van der Waals surface area contributed by atoms with Crippen LogP contribution in [0.2, 0.25) is 0 Å². The van der Waals surface area contributed by atoms with Crippen LogP contribution in [0.5, 0.6) is 0 Å². The number of carbonyl (C=O) groups excluding carboxylic acids is 1. The van der Waals surface area contributed by atoms with E-state index in [0.717, 1.165) is 38.3 Å². The molecule has 5 rings (SSSR count). The first-order valence-electron chi connectivity index (χ1n) is 10.9. The number of nitrogens with two attached hydrogens (primary N) is 1. The number of rotatable bonds is 5. The monoisotopic (exact) mass is 385 g/mol. The van der Waals surface area contributed by atoms with Gasteiger partial charge in [-0.1, -0.05) is 19.3 Å². The van der Waals surface area contributed by atoms with Gasteiger partial charge in [0.1, 0.15) is 5.82 Å². The van der Waals surface area contributed by atoms with Crippen molar-refractivity contribution in [2.45, 2.75) is 63.1 Å². The summed E-state index contributed by atoms with van der Waals surface area (Å²) in [5.74, 6) is 2.83. The molecule has 0 radical (unpaired) electrons. The molecule has 3 saturated heterocycles. The molecule has 1 saturated carbocycles. The van der Waals surface area contributed by atoms with E-state index < -0.39 is 0 Å². The van der Waals surface area contributed by atoms with Crippen LogP contribution in [-0.4, -0.2) is 47.2 Å². The molecule has 28 heavy (non-hydrogen) atoms. The summed E-state index contributed by atoms with van der Waals surface area (Å²) < 4.78 is 6.49. The van der Waals surface area contributed by atoms with Gasteiger partial charge in [-0.15, -0.1) is 0 Å². The predicted molar refractivity (Wildman–Crippen MR) is 107 cm³/mol. The largest absolute Gasteiger partial charge is 0.369 e. The highest BCUT2D eigenvalue weighted by molar-refractivity contribution is 5.76. The van der Waals surface area contributed by atoms with Crippen molar-refractivity contribution >= 4 is 17.7 Å². The van der Waals surface area contributed by atoms with Crippen LogP contribution in [-0.2, 0) is 9.53 Å². The Hall–Kier alpha value is -1.89. The van der Waals surface area contributed by atoms with E-state index in [2.05, 4.69) is 20.2 Å². The highest BCUT2D eigenvalue weighted by atomic mass is 16.5. The van der Waals surface area contributed by atoms with Gasteiger partial charge in [0.25, 0.3) is 0 Å². The minimum absolute atomic E-state index is 0.0802. The lowest BCUT2D eigenvalue weighted by Crippen LogP contribution is -2.42. The van der Waals surface area contributed by atoms with E-state index in [1.54, 1.807) is 6.20 Å². The summed E-state index contributed by atoms with van der Waals surface area (Å²) in [7, 11) is 0. The van der Waals surface area contributed by atoms with Crippen LogP contribution >= 0.6 is 0 Å². The smallest absolute Gasteiger partial charge is 0.221 e. The number of hydrogen-bond donors (Lipinski definition) is 2. The molecule has 7 heteroatoms. The van der Waals surface area contributed by atoms with Crippen molar-refractivity contribution in [1.82, 2.24) is 15.3 Å². The topological polar surface area (TPSA) is 93.4 Å². The van der Waals surface area contributed by atoms with Crippen molar-refractivity contribution in [3.05, 3.63) is 12.3 Å². The second-order valence-corrected chi connectivity index (χ2v) is 9.20. The predicted octanol–water partition coefficient (Wildman–Crippen LogP) is 2.13. The van der Waals surface area contributed by atoms with Crippen LogP contribution in [0.1, 0.15) is 51.4 Å². The number of ether oxygens (including phenoxy) is 1. The van der Waals surface area contributed by atoms with Gasteiger partial charge in [0.05, 0.1) is 11.7 Å². The van der Waals surface area contributed by atoms with Gasteiger partial charge in [0.2, 0.25) is 11.9 Å². The van der Waals surface area contributed by atoms with Gasteiger partial charge in [0.15, 0.2) is 0 Å². The molecule has 3 N–H and O–H groups in total. The molecule has 4 heterocycles. The summed E-state index contributed by atoms with van der Waals surface area (Å²) in [6.45, 7) is 2.51. The number of fused-ring (bicyclic) bond motifs is 1. The van der Waals surface area contributed by atoms with E-state index in [-0.39, 0.29) is 17.6 Å². The molecule has 1 aromatic rings. The van der Waals surface area contributed by atoms with Gasteiger partial charge in [0, 0.05) is 44.1 Å². The maximum absolute atomic E-state index is 12.5. The van der Waals surface area contributed by atoms with Crippen LogP contribution < -0.4 is 16.0 Å². The summed E-state index contributed by atoms with van der Waals surface area (Å²) in [5, 5.41) is 3.25. The van der Waals surface area contributed by atoms with Gasteiger partial charge < -0.3 is 20.7 Å². The summed E-state index contributed by atoms with van der Waals surface area (Å²) in [4.78, 5) is 23.2. The second kappa shape index (κ2) is 7.17. The van der Waals surface area contributed by atoms with Crippen molar-refractivity contribution < 1.29 is 9.53 Å². The van der Waals surface area contributed by atoms with Crippen LogP contribution in [0.4, 0.5) is 11.8 Å². The molecule has 0 aromatic carbocycles. The third kappa shape index (κ3) is 3.23. The van der Waals surface area contributed by atoms with E-state index in [4.69, 9.17) is 10.5 Å². The quantitative estimate of drug-likeness (QED) is 0.806. The minimum Gasteiger partial charge on any atom is -0.369 e. The molecule has 7 nitrogen and oxygen atoms in total. The lowest BCUT2D eigenvalue weighted by molar-refractivity contribution is -0.122. The summed E-state index contributed by atoms with van der Waals surface area (Å²) in [6.07, 6.45) is 11.2. The van der Waals surface area contributed by atoms with Gasteiger partial charge in [-0.3, -0.25) is 4.79 Å². The molecule has 1 aromatic heterocycles. The Morgan fingerprint density at radius 1 is 1.32 bits per heavy atom. The van der Waals surface area contributed by atoms with Crippen molar-refractivity contribution in [1.29, 1.82) is 0 Å². The summed E-state index contributed by atoms with van der Waals surface area (Å²) in [5.41, 5.74) is 5.69. The Kier molecular flexibility index (Phi) is 4.65. The molecule has 0 unspecified atom stereocenters. The van der Waals surface area contributed by atoms with Crippen LogP contribution in [0, 0.1) is 17.8 Å². The first-order chi connectivity index (χ1) is 13.6. The summed E-state index contributed by atoms with van der Waals surface area (Å²) >= 11 is 0. The maximum Gasteiger partial charge on any atom is 0.221 e. The lowest BCUT2D eigenvalue weighted by Gasteiger charge is -2.29. The molecule has 3 aliphatic heterocycles. The third-order valence-electron chi connectivity index (χ3n) is 7.50. The second-order valence-electron chi connectivity index (χ2n) is 9.20. The van der Waals surface area contributed by atoms with E-state index in [1.807, 2.05) is 6.07 Å². The minimum atomic E-state index is -0.0802. The number of nitrogens with zero attached hydrogens (tertiary/aromatic N) is 3. The fourth-order valence-electron chi connectivity index (χ4n) is 6.14. The molecule has 4 aliphatic rings. The van der Waals surface area contributed by atoms with Crippen LogP contribution in [0.15, 0.2) is 12.3 Å². The Bertz CT molecular complexity index is 737. The van der Waals surface area contributed by atoms with Gasteiger partial charge >= 0.3 is 0 Å². The Morgan fingerprint density at radius 3 is 3.00 bits per heavy atom. The number of aromatic nitrogens is 2. The standard InChI is InChI=1S/C21H31N5O2/c22-20-23-9-7-18(25-20)26-12-16-15(17-6-8-21(16,13-26)28-17)11-24-19(27)10-14-4-2-1-3-5-14/h7,9,14-17H,1-6,8,10-13H2,(H,24,27)(H2,22,23,25)/t15-,16+,17+,21+/m0/s1. The molecule has 1 aliphatic carbocycles. The number of carbonyl (C=O) groups is 1. The lowest BCUT2D eigenvalue weighted by atomic mass is 9.73. The Morgan fingerprint density at radius 2 is 2.18 bits per heavy atom. The van der Waals surface area contributed by atoms with E-state index in [9.17, 15) is 4.79 Å². The molecule has 4 atom stereocenters. The average molecular weight is 386 g/mol. The zero-order valence-electron chi connectivity index (χ0n) is 16.5. The van der Waals surface area contributed by atoms with Crippen molar-refractivity contribution in [2.24, 2.45) is 17.8 Å². The number of hydrogen-bond acceptors (Lipinski definition) is 6. The van der Waals surface area contributed by atoms with Crippen molar-refractivity contribution in [2.75, 3.05) is 30.3 Å². The first-order valence-corrected chi connectivity index (χ1v) is 10.9. The van der Waals surface area contributed by atoms with E-state index in [0.29, 0.717) is 30.1 Å². The van der Waals surface area contributed by atoms with Gasteiger partial charge in [-0.25, -0.2) is 4.98 Å². The molecule has 152 valence electrons.